The Morgan fingerprint density at radius 1 is 1.25 bits per heavy atom. The van der Waals surface area contributed by atoms with Crippen LogP contribution in [0.3, 0.4) is 0 Å². The van der Waals surface area contributed by atoms with E-state index in [1.54, 1.807) is 19.0 Å². The Morgan fingerprint density at radius 3 is 2.61 bits per heavy atom. The average Bonchev–Trinajstić information content (AvgIpc) is 3.15. The Balaban J connectivity index is 1.88. The summed E-state index contributed by atoms with van der Waals surface area (Å²) in [6.45, 7) is 4.91. The van der Waals surface area contributed by atoms with Crippen molar-refractivity contribution in [2.45, 2.75) is 33.1 Å². The van der Waals surface area contributed by atoms with Crippen LogP contribution in [0.2, 0.25) is 0 Å². The van der Waals surface area contributed by atoms with E-state index in [0.717, 1.165) is 24.1 Å². The second kappa shape index (κ2) is 8.17. The maximum atomic E-state index is 13.2. The Morgan fingerprint density at radius 2 is 1.96 bits per heavy atom. The van der Waals surface area contributed by atoms with Gasteiger partial charge in [-0.2, -0.15) is 0 Å². The number of benzene rings is 1. The van der Waals surface area contributed by atoms with Crippen molar-refractivity contribution < 1.29 is 14.1 Å². The molecule has 1 aromatic carbocycles. The minimum absolute atomic E-state index is 0.0337. The molecule has 1 atom stereocenters. The standard InChI is InChI=1S/C22H29N3O3/c1-16(2)20(26)25-12-8-11-22(15-25,21(27)24(3)4)14-18-13-19(23-28-18)17-9-6-5-7-10-17/h5-7,9-10,13,16H,8,11-12,14-15H2,1-4H3/t22-/m0/s1. The minimum Gasteiger partial charge on any atom is -0.361 e. The van der Waals surface area contributed by atoms with Gasteiger partial charge in [-0.3, -0.25) is 9.59 Å². The van der Waals surface area contributed by atoms with Crippen LogP contribution in [-0.2, 0) is 16.0 Å². The molecule has 1 aromatic heterocycles. The molecule has 28 heavy (non-hydrogen) atoms. The molecule has 0 bridgehead atoms. The van der Waals surface area contributed by atoms with E-state index in [2.05, 4.69) is 5.16 Å². The number of hydrogen-bond donors (Lipinski definition) is 0. The van der Waals surface area contributed by atoms with Crippen molar-refractivity contribution in [2.75, 3.05) is 27.2 Å². The summed E-state index contributed by atoms with van der Waals surface area (Å²) in [6.07, 6.45) is 1.97. The number of nitrogens with zero attached hydrogens (tertiary/aromatic N) is 3. The summed E-state index contributed by atoms with van der Waals surface area (Å²) in [5.74, 6) is 0.720. The fourth-order valence-corrected chi connectivity index (χ4v) is 4.03. The molecule has 0 radical (unpaired) electrons. The van der Waals surface area contributed by atoms with Crippen LogP contribution in [0.15, 0.2) is 40.9 Å². The molecule has 2 amide bonds. The molecule has 2 heterocycles. The first-order chi connectivity index (χ1) is 13.3. The number of amides is 2. The maximum absolute atomic E-state index is 13.2. The molecule has 0 spiro atoms. The highest BCUT2D eigenvalue weighted by Gasteiger charge is 2.45. The molecule has 150 valence electrons. The highest BCUT2D eigenvalue weighted by atomic mass is 16.5. The lowest BCUT2D eigenvalue weighted by Gasteiger charge is -2.43. The first-order valence-corrected chi connectivity index (χ1v) is 9.84. The summed E-state index contributed by atoms with van der Waals surface area (Å²) >= 11 is 0. The van der Waals surface area contributed by atoms with Gasteiger partial charge >= 0.3 is 0 Å². The van der Waals surface area contributed by atoms with Crippen LogP contribution in [0.5, 0.6) is 0 Å². The number of carbonyl (C=O) groups is 2. The third-order valence-corrected chi connectivity index (χ3v) is 5.38. The predicted molar refractivity (Wildman–Crippen MR) is 107 cm³/mol. The van der Waals surface area contributed by atoms with E-state index >= 15 is 0 Å². The molecule has 6 nitrogen and oxygen atoms in total. The fraction of sp³-hybridized carbons (Fsp3) is 0.500. The maximum Gasteiger partial charge on any atom is 0.230 e. The summed E-state index contributed by atoms with van der Waals surface area (Å²) in [5.41, 5.74) is 1.06. The van der Waals surface area contributed by atoms with Crippen LogP contribution in [0.1, 0.15) is 32.4 Å². The van der Waals surface area contributed by atoms with Crippen LogP contribution in [-0.4, -0.2) is 54.0 Å². The van der Waals surface area contributed by atoms with Crippen molar-refractivity contribution in [2.24, 2.45) is 11.3 Å². The van der Waals surface area contributed by atoms with Crippen molar-refractivity contribution in [3.05, 3.63) is 42.2 Å². The number of piperidine rings is 1. The first-order valence-electron chi connectivity index (χ1n) is 9.84. The fourth-order valence-electron chi connectivity index (χ4n) is 4.03. The van der Waals surface area contributed by atoms with Crippen LogP contribution < -0.4 is 0 Å². The van der Waals surface area contributed by atoms with E-state index in [9.17, 15) is 9.59 Å². The highest BCUT2D eigenvalue weighted by molar-refractivity contribution is 5.85. The topological polar surface area (TPSA) is 66.7 Å². The zero-order valence-electron chi connectivity index (χ0n) is 17.1. The van der Waals surface area contributed by atoms with Crippen molar-refractivity contribution in [3.8, 4) is 11.3 Å². The molecular weight excluding hydrogens is 354 g/mol. The number of hydrogen-bond acceptors (Lipinski definition) is 4. The molecule has 1 aliphatic heterocycles. The Hall–Kier alpha value is -2.63. The molecule has 0 N–H and O–H groups in total. The summed E-state index contributed by atoms with van der Waals surface area (Å²) in [7, 11) is 3.53. The number of aromatic nitrogens is 1. The van der Waals surface area contributed by atoms with E-state index in [1.807, 2.05) is 55.1 Å². The van der Waals surface area contributed by atoms with Gasteiger partial charge in [0.1, 0.15) is 11.5 Å². The largest absolute Gasteiger partial charge is 0.361 e. The van der Waals surface area contributed by atoms with Crippen LogP contribution in [0.25, 0.3) is 11.3 Å². The number of likely N-dealkylation sites (tertiary alicyclic amines) is 1. The predicted octanol–water partition coefficient (Wildman–Crippen LogP) is 3.24. The molecular formula is C22H29N3O3. The van der Waals surface area contributed by atoms with E-state index in [0.29, 0.717) is 25.3 Å². The normalized spacial score (nSPS) is 19.7. The van der Waals surface area contributed by atoms with Crippen LogP contribution >= 0.6 is 0 Å². The lowest BCUT2D eigenvalue weighted by Crippen LogP contribution is -2.54. The van der Waals surface area contributed by atoms with Crippen molar-refractivity contribution in [1.29, 1.82) is 0 Å². The zero-order valence-corrected chi connectivity index (χ0v) is 17.1. The monoisotopic (exact) mass is 383 g/mol. The lowest BCUT2D eigenvalue weighted by molar-refractivity contribution is -0.148. The molecule has 1 aliphatic rings. The van der Waals surface area contributed by atoms with Gasteiger partial charge in [-0.1, -0.05) is 49.3 Å². The Bertz CT molecular complexity index is 829. The van der Waals surface area contributed by atoms with Gasteiger partial charge in [-0.15, -0.1) is 0 Å². The molecule has 3 rings (SSSR count). The molecule has 2 aromatic rings. The zero-order chi connectivity index (χ0) is 20.3. The Kier molecular flexibility index (Phi) is 5.87. The van der Waals surface area contributed by atoms with Crippen LogP contribution in [0, 0.1) is 11.3 Å². The van der Waals surface area contributed by atoms with Gasteiger partial charge in [0, 0.05) is 51.2 Å². The van der Waals surface area contributed by atoms with Gasteiger partial charge < -0.3 is 14.3 Å². The van der Waals surface area contributed by atoms with Gasteiger partial charge in [0.05, 0.1) is 5.41 Å². The summed E-state index contributed by atoms with van der Waals surface area (Å²) < 4.78 is 5.60. The first kappa shape index (κ1) is 20.1. The van der Waals surface area contributed by atoms with Crippen molar-refractivity contribution in [1.82, 2.24) is 15.0 Å². The smallest absolute Gasteiger partial charge is 0.230 e. The van der Waals surface area contributed by atoms with Crippen molar-refractivity contribution >= 4 is 11.8 Å². The highest BCUT2D eigenvalue weighted by Crippen LogP contribution is 2.36. The SMILES string of the molecule is CC(C)C(=O)N1CCC[C@@](Cc2cc(-c3ccccc3)no2)(C(=O)N(C)C)C1. The molecule has 0 unspecified atom stereocenters. The van der Waals surface area contributed by atoms with Gasteiger partial charge in [-0.25, -0.2) is 0 Å². The van der Waals surface area contributed by atoms with Gasteiger partial charge in [0.2, 0.25) is 11.8 Å². The summed E-state index contributed by atoms with van der Waals surface area (Å²) in [4.78, 5) is 29.2. The quantitative estimate of drug-likeness (QED) is 0.795. The third-order valence-electron chi connectivity index (χ3n) is 5.38. The number of rotatable bonds is 5. The van der Waals surface area contributed by atoms with Crippen LogP contribution in [0.4, 0.5) is 0 Å². The van der Waals surface area contributed by atoms with E-state index < -0.39 is 5.41 Å². The minimum atomic E-state index is -0.681. The summed E-state index contributed by atoms with van der Waals surface area (Å²) in [6, 6.07) is 11.7. The molecule has 6 heteroatoms. The Labute approximate surface area is 166 Å². The molecule has 1 fully saturated rings. The lowest BCUT2D eigenvalue weighted by atomic mass is 9.75. The average molecular weight is 383 g/mol. The molecule has 0 aliphatic carbocycles. The van der Waals surface area contributed by atoms with E-state index in [1.165, 1.54) is 0 Å². The molecule has 0 saturated carbocycles. The summed E-state index contributed by atoms with van der Waals surface area (Å²) in [5, 5.41) is 4.19. The van der Waals surface area contributed by atoms with Crippen molar-refractivity contribution in [3.63, 3.8) is 0 Å². The van der Waals surface area contributed by atoms with Gasteiger partial charge in [0.15, 0.2) is 0 Å². The second-order valence-electron chi connectivity index (χ2n) is 8.22. The second-order valence-corrected chi connectivity index (χ2v) is 8.22. The number of carbonyl (C=O) groups excluding carboxylic acids is 2. The third kappa shape index (κ3) is 4.11. The van der Waals surface area contributed by atoms with Gasteiger partial charge in [0.25, 0.3) is 0 Å². The van der Waals surface area contributed by atoms with Gasteiger partial charge in [-0.05, 0) is 12.8 Å². The van der Waals surface area contributed by atoms with E-state index in [-0.39, 0.29) is 17.7 Å². The molecule has 1 saturated heterocycles. The van der Waals surface area contributed by atoms with E-state index in [4.69, 9.17) is 4.52 Å².